The molecule has 1 aliphatic rings. The van der Waals surface area contributed by atoms with Gasteiger partial charge >= 0.3 is 0 Å². The molecule has 1 N–H and O–H groups in total. The average molecular weight is 320 g/mol. The molecule has 0 atom stereocenters. The number of benzene rings is 2. The van der Waals surface area contributed by atoms with Crippen molar-refractivity contribution in [2.45, 2.75) is 18.9 Å². The van der Waals surface area contributed by atoms with Crippen LogP contribution < -0.4 is 10.1 Å². The van der Waals surface area contributed by atoms with Gasteiger partial charge in [0.15, 0.2) is 6.61 Å². The van der Waals surface area contributed by atoms with Crippen molar-refractivity contribution in [2.24, 2.45) is 0 Å². The second-order valence-corrected chi connectivity index (χ2v) is 5.52. The molecule has 0 radical (unpaired) electrons. The SMILES string of the molecule is O=C(COc1ccc2ccccc2c1Br)NC1CC1. The highest BCUT2D eigenvalue weighted by atomic mass is 79.9. The minimum Gasteiger partial charge on any atom is -0.483 e. The van der Waals surface area contributed by atoms with Crippen LogP contribution in [-0.2, 0) is 4.79 Å². The summed E-state index contributed by atoms with van der Waals surface area (Å²) in [7, 11) is 0. The van der Waals surface area contributed by atoms with Gasteiger partial charge < -0.3 is 10.1 Å². The Morgan fingerprint density at radius 3 is 2.84 bits per heavy atom. The number of hydrogen-bond acceptors (Lipinski definition) is 2. The molecule has 0 aromatic heterocycles. The highest BCUT2D eigenvalue weighted by molar-refractivity contribution is 9.10. The van der Waals surface area contributed by atoms with E-state index in [2.05, 4.69) is 21.2 Å². The van der Waals surface area contributed by atoms with Gasteiger partial charge in [-0.3, -0.25) is 4.79 Å². The van der Waals surface area contributed by atoms with Crippen LogP contribution in [0.4, 0.5) is 0 Å². The lowest BCUT2D eigenvalue weighted by molar-refractivity contribution is -0.123. The van der Waals surface area contributed by atoms with Gasteiger partial charge in [0.2, 0.25) is 0 Å². The Labute approximate surface area is 120 Å². The fourth-order valence-corrected chi connectivity index (χ4v) is 2.57. The first-order chi connectivity index (χ1) is 9.24. The minimum absolute atomic E-state index is 0.0532. The first kappa shape index (κ1) is 12.5. The van der Waals surface area contributed by atoms with Crippen LogP contribution in [0.1, 0.15) is 12.8 Å². The summed E-state index contributed by atoms with van der Waals surface area (Å²) in [6.45, 7) is 0.0629. The second-order valence-electron chi connectivity index (χ2n) is 4.73. The van der Waals surface area contributed by atoms with Crippen molar-refractivity contribution < 1.29 is 9.53 Å². The molecule has 1 aliphatic carbocycles. The summed E-state index contributed by atoms with van der Waals surface area (Å²) < 4.78 is 6.47. The van der Waals surface area contributed by atoms with E-state index in [9.17, 15) is 4.79 Å². The number of rotatable bonds is 4. The second kappa shape index (κ2) is 5.21. The zero-order chi connectivity index (χ0) is 13.2. The highest BCUT2D eigenvalue weighted by Gasteiger charge is 2.23. The standard InChI is InChI=1S/C15H14BrNO2/c16-15-12-4-2-1-3-10(12)5-8-13(15)19-9-14(18)17-11-6-7-11/h1-5,8,11H,6-7,9H2,(H,17,18). The van der Waals surface area contributed by atoms with E-state index in [0.29, 0.717) is 11.8 Å². The van der Waals surface area contributed by atoms with Gasteiger partial charge in [0.25, 0.3) is 5.91 Å². The van der Waals surface area contributed by atoms with Crippen LogP contribution in [0.5, 0.6) is 5.75 Å². The molecule has 2 aromatic rings. The Balaban J connectivity index is 1.73. The number of nitrogens with one attached hydrogen (secondary N) is 1. The van der Waals surface area contributed by atoms with E-state index in [4.69, 9.17) is 4.74 Å². The van der Waals surface area contributed by atoms with Crippen molar-refractivity contribution in [2.75, 3.05) is 6.61 Å². The Hall–Kier alpha value is -1.55. The lowest BCUT2D eigenvalue weighted by Crippen LogP contribution is -2.30. The van der Waals surface area contributed by atoms with Crippen LogP contribution in [0, 0.1) is 0 Å². The van der Waals surface area contributed by atoms with Gasteiger partial charge in [-0.1, -0.05) is 30.3 Å². The van der Waals surface area contributed by atoms with Crippen LogP contribution in [0.15, 0.2) is 40.9 Å². The molecule has 3 nitrogen and oxygen atoms in total. The lowest BCUT2D eigenvalue weighted by Gasteiger charge is -2.10. The molecular formula is C15H14BrNO2. The molecule has 0 spiro atoms. The molecule has 0 bridgehead atoms. The molecule has 0 heterocycles. The maximum atomic E-state index is 11.6. The topological polar surface area (TPSA) is 38.3 Å². The van der Waals surface area contributed by atoms with E-state index >= 15 is 0 Å². The van der Waals surface area contributed by atoms with Crippen LogP contribution >= 0.6 is 15.9 Å². The highest BCUT2D eigenvalue weighted by Crippen LogP contribution is 2.32. The zero-order valence-corrected chi connectivity index (χ0v) is 11.9. The number of hydrogen-bond donors (Lipinski definition) is 1. The molecule has 0 aliphatic heterocycles. The van der Waals surface area contributed by atoms with Crippen LogP contribution in [0.3, 0.4) is 0 Å². The third kappa shape index (κ3) is 2.89. The number of ether oxygens (including phenoxy) is 1. The molecule has 1 amide bonds. The molecular weight excluding hydrogens is 306 g/mol. The first-order valence-electron chi connectivity index (χ1n) is 6.33. The predicted molar refractivity (Wildman–Crippen MR) is 78.3 cm³/mol. The summed E-state index contributed by atoms with van der Waals surface area (Å²) in [5.41, 5.74) is 0. The van der Waals surface area contributed by atoms with Gasteiger partial charge in [-0.05, 0) is 45.6 Å². The van der Waals surface area contributed by atoms with E-state index < -0.39 is 0 Å². The summed E-state index contributed by atoms with van der Waals surface area (Å²) in [4.78, 5) is 11.6. The van der Waals surface area contributed by atoms with E-state index in [-0.39, 0.29) is 12.5 Å². The van der Waals surface area contributed by atoms with Crippen molar-refractivity contribution in [1.29, 1.82) is 0 Å². The number of carbonyl (C=O) groups is 1. The lowest BCUT2D eigenvalue weighted by atomic mass is 10.1. The van der Waals surface area contributed by atoms with Crippen molar-refractivity contribution in [1.82, 2.24) is 5.32 Å². The average Bonchev–Trinajstić information content (AvgIpc) is 3.22. The first-order valence-corrected chi connectivity index (χ1v) is 7.13. The van der Waals surface area contributed by atoms with Gasteiger partial charge in [-0.15, -0.1) is 0 Å². The van der Waals surface area contributed by atoms with Gasteiger partial charge in [0.05, 0.1) is 4.47 Å². The monoisotopic (exact) mass is 319 g/mol. The van der Waals surface area contributed by atoms with Crippen LogP contribution in [0.2, 0.25) is 0 Å². The fourth-order valence-electron chi connectivity index (χ4n) is 1.97. The van der Waals surface area contributed by atoms with Crippen molar-refractivity contribution in [3.05, 3.63) is 40.9 Å². The van der Waals surface area contributed by atoms with E-state index in [0.717, 1.165) is 28.1 Å². The van der Waals surface area contributed by atoms with E-state index in [1.165, 1.54) is 0 Å². The number of amides is 1. The fraction of sp³-hybridized carbons (Fsp3) is 0.267. The van der Waals surface area contributed by atoms with E-state index in [1.807, 2.05) is 36.4 Å². The molecule has 1 saturated carbocycles. The van der Waals surface area contributed by atoms with Crippen molar-refractivity contribution in [3.8, 4) is 5.75 Å². The third-order valence-electron chi connectivity index (χ3n) is 3.13. The molecule has 98 valence electrons. The molecule has 4 heteroatoms. The van der Waals surface area contributed by atoms with Gasteiger partial charge in [-0.2, -0.15) is 0 Å². The summed E-state index contributed by atoms with van der Waals surface area (Å²) in [5, 5.41) is 5.13. The quantitative estimate of drug-likeness (QED) is 0.939. The predicted octanol–water partition coefficient (Wildman–Crippen LogP) is 3.26. The van der Waals surface area contributed by atoms with Crippen molar-refractivity contribution >= 4 is 32.6 Å². The minimum atomic E-state index is -0.0532. The molecule has 2 aromatic carbocycles. The number of halogens is 1. The molecule has 0 unspecified atom stereocenters. The van der Waals surface area contributed by atoms with E-state index in [1.54, 1.807) is 0 Å². The molecule has 19 heavy (non-hydrogen) atoms. The molecule has 1 fully saturated rings. The normalized spacial score (nSPS) is 14.4. The summed E-state index contributed by atoms with van der Waals surface area (Å²) in [5.74, 6) is 0.646. The third-order valence-corrected chi connectivity index (χ3v) is 3.95. The van der Waals surface area contributed by atoms with Gasteiger partial charge in [0.1, 0.15) is 5.75 Å². The molecule has 3 rings (SSSR count). The number of fused-ring (bicyclic) bond motifs is 1. The van der Waals surface area contributed by atoms with Gasteiger partial charge in [-0.25, -0.2) is 0 Å². The summed E-state index contributed by atoms with van der Waals surface area (Å²) in [6.07, 6.45) is 2.18. The van der Waals surface area contributed by atoms with Gasteiger partial charge in [0, 0.05) is 6.04 Å². The van der Waals surface area contributed by atoms with Crippen LogP contribution in [-0.4, -0.2) is 18.6 Å². The largest absolute Gasteiger partial charge is 0.483 e. The van der Waals surface area contributed by atoms with Crippen LogP contribution in [0.25, 0.3) is 10.8 Å². The summed E-state index contributed by atoms with van der Waals surface area (Å²) >= 11 is 3.54. The summed E-state index contributed by atoms with van der Waals surface area (Å²) in [6, 6.07) is 12.3. The Kier molecular flexibility index (Phi) is 3.42. The maximum absolute atomic E-state index is 11.6. The smallest absolute Gasteiger partial charge is 0.258 e. The molecule has 0 saturated heterocycles. The van der Waals surface area contributed by atoms with Crippen molar-refractivity contribution in [3.63, 3.8) is 0 Å². The Morgan fingerprint density at radius 1 is 1.26 bits per heavy atom. The Morgan fingerprint density at radius 2 is 2.05 bits per heavy atom. The maximum Gasteiger partial charge on any atom is 0.258 e. The number of carbonyl (C=O) groups excluding carboxylic acids is 1. The Bertz CT molecular complexity index is 623. The zero-order valence-electron chi connectivity index (χ0n) is 10.4.